The first kappa shape index (κ1) is 17.9. The van der Waals surface area contributed by atoms with Gasteiger partial charge in [-0.1, -0.05) is 18.2 Å². The van der Waals surface area contributed by atoms with Crippen molar-refractivity contribution in [3.05, 3.63) is 59.7 Å². The fraction of sp³-hybridized carbons (Fsp3) is 0.200. The summed E-state index contributed by atoms with van der Waals surface area (Å²) in [6.45, 7) is 0. The lowest BCUT2D eigenvalue weighted by Gasteiger charge is -2.15. The summed E-state index contributed by atoms with van der Waals surface area (Å²) < 4.78 is 82.7. The molecule has 2 aromatic carbocycles. The third-order valence-corrected chi connectivity index (χ3v) is 2.77. The Morgan fingerprint density at radius 3 is 2.08 bits per heavy atom. The van der Waals surface area contributed by atoms with E-state index in [4.69, 9.17) is 4.74 Å². The minimum Gasteiger partial charge on any atom is -0.458 e. The summed E-state index contributed by atoms with van der Waals surface area (Å²) >= 11 is 0. The number of halogens is 6. The molecule has 0 amide bonds. The zero-order valence-electron chi connectivity index (χ0n) is 11.7. The van der Waals surface area contributed by atoms with Gasteiger partial charge in [0.05, 0.1) is 5.56 Å². The van der Waals surface area contributed by atoms with E-state index < -0.39 is 30.1 Å². The predicted octanol–water partition coefficient (Wildman–Crippen LogP) is 5.11. The van der Waals surface area contributed by atoms with Gasteiger partial charge in [-0.2, -0.15) is 18.3 Å². The number of rotatable bonds is 4. The van der Waals surface area contributed by atoms with E-state index in [-0.39, 0.29) is 11.3 Å². The van der Waals surface area contributed by atoms with E-state index in [2.05, 4.69) is 4.74 Å². The van der Waals surface area contributed by atoms with E-state index in [0.29, 0.717) is 6.07 Å². The van der Waals surface area contributed by atoms with E-state index in [1.165, 1.54) is 6.07 Å². The molecule has 0 saturated heterocycles. The highest BCUT2D eigenvalue weighted by Gasteiger charge is 2.32. The first-order valence-electron chi connectivity index (χ1n) is 6.40. The molecule has 2 rings (SSSR count). The average Bonchev–Trinajstić information content (AvgIpc) is 2.45. The number of benzene rings is 2. The molecule has 0 aliphatic heterocycles. The second kappa shape index (κ2) is 6.60. The van der Waals surface area contributed by atoms with E-state index in [0.717, 1.165) is 36.4 Å². The molecule has 0 spiro atoms. The quantitative estimate of drug-likeness (QED) is 0.567. The topological polar surface area (TPSA) is 38.4 Å². The molecule has 0 aliphatic rings. The van der Waals surface area contributed by atoms with Gasteiger partial charge in [0.2, 0.25) is 0 Å². The maximum Gasteiger partial charge on any atom is 0.573 e. The summed E-state index contributed by atoms with van der Waals surface area (Å²) in [6, 6.07) is 7.70. The summed E-state index contributed by atoms with van der Waals surface area (Å²) in [6.07, 6.45) is -11.6. The molecule has 9 heteroatoms. The highest BCUT2D eigenvalue weighted by molar-refractivity contribution is 5.34. The van der Waals surface area contributed by atoms with Gasteiger partial charge in [0.15, 0.2) is 0 Å². The molecule has 3 nitrogen and oxygen atoms in total. The summed E-state index contributed by atoms with van der Waals surface area (Å²) in [5.41, 5.74) is -1.34. The third kappa shape index (κ3) is 5.05. The zero-order chi connectivity index (χ0) is 18.0. The molecule has 1 unspecified atom stereocenters. The Kier molecular flexibility index (Phi) is 4.93. The van der Waals surface area contributed by atoms with Crippen LogP contribution < -0.4 is 9.47 Å². The Hall–Kier alpha value is -2.42. The van der Waals surface area contributed by atoms with Gasteiger partial charge in [-0.15, -0.1) is 13.2 Å². The first-order valence-corrected chi connectivity index (χ1v) is 6.40. The molecule has 0 saturated carbocycles. The minimum absolute atomic E-state index is 0.269. The van der Waals surface area contributed by atoms with Gasteiger partial charge in [0.25, 0.3) is 6.29 Å². The van der Waals surface area contributed by atoms with Crippen molar-refractivity contribution in [1.82, 2.24) is 0 Å². The third-order valence-electron chi connectivity index (χ3n) is 2.77. The number of alkyl halides is 6. The van der Waals surface area contributed by atoms with E-state index >= 15 is 0 Å². The molecule has 0 aromatic heterocycles. The van der Waals surface area contributed by atoms with Gasteiger partial charge >= 0.3 is 12.5 Å². The zero-order valence-corrected chi connectivity index (χ0v) is 11.7. The molecule has 0 aliphatic carbocycles. The largest absolute Gasteiger partial charge is 0.573 e. The van der Waals surface area contributed by atoms with Crippen LogP contribution in [0, 0.1) is 0 Å². The Morgan fingerprint density at radius 1 is 0.833 bits per heavy atom. The lowest BCUT2D eigenvalue weighted by atomic mass is 10.1. The molecule has 2 aromatic rings. The van der Waals surface area contributed by atoms with Gasteiger partial charge in [0.1, 0.15) is 11.5 Å². The fourth-order valence-electron chi connectivity index (χ4n) is 1.80. The Labute approximate surface area is 132 Å². The van der Waals surface area contributed by atoms with Gasteiger partial charge in [-0.25, -0.2) is 0 Å². The van der Waals surface area contributed by atoms with Crippen molar-refractivity contribution in [1.29, 1.82) is 0 Å². The summed E-state index contributed by atoms with van der Waals surface area (Å²) in [5.74, 6) is -0.884. The van der Waals surface area contributed by atoms with E-state index in [1.807, 2.05) is 0 Å². The van der Waals surface area contributed by atoms with E-state index in [1.54, 1.807) is 0 Å². The van der Waals surface area contributed by atoms with Crippen LogP contribution in [-0.4, -0.2) is 6.36 Å². The van der Waals surface area contributed by atoms with Crippen molar-refractivity contribution in [3.63, 3.8) is 0 Å². The van der Waals surface area contributed by atoms with Crippen molar-refractivity contribution in [2.75, 3.05) is 0 Å². The molecule has 0 heterocycles. The van der Waals surface area contributed by atoms with Crippen LogP contribution in [0.15, 0.2) is 48.5 Å². The van der Waals surface area contributed by atoms with Crippen LogP contribution in [0.25, 0.3) is 0 Å². The molecule has 129 valence electrons. The molecule has 24 heavy (non-hydrogen) atoms. The minimum atomic E-state index is -4.92. The molecule has 0 bridgehead atoms. The lowest BCUT2D eigenvalue weighted by molar-refractivity contribution is -0.274. The van der Waals surface area contributed by atoms with Crippen LogP contribution in [0.5, 0.6) is 11.5 Å². The van der Waals surface area contributed by atoms with Crippen molar-refractivity contribution in [2.45, 2.75) is 18.8 Å². The van der Waals surface area contributed by atoms with Crippen molar-refractivity contribution in [2.24, 2.45) is 0 Å². The van der Waals surface area contributed by atoms with Gasteiger partial charge in [0, 0.05) is 11.6 Å². The van der Waals surface area contributed by atoms with Crippen LogP contribution in [0.2, 0.25) is 0 Å². The number of ether oxygens (including phenoxy) is 2. The average molecular weight is 351 g/mol. The second-order valence-corrected chi connectivity index (χ2v) is 4.60. The Bertz CT molecular complexity index is 696. The second-order valence-electron chi connectivity index (χ2n) is 4.60. The molecular weight excluding hydrogens is 342 g/mol. The standard InChI is InChI=1S/C15H9F6O3/c16-14(17,18)10-4-1-3-9(7-10)13(22)23-11-5-2-6-12(8-11)24-15(19,20)21/h1-8,13H. The SMILES string of the molecule is [O]C(Oc1cccc(OC(F)(F)F)c1)c1cccc(C(F)(F)F)c1. The Morgan fingerprint density at radius 2 is 1.46 bits per heavy atom. The molecule has 1 atom stereocenters. The predicted molar refractivity (Wildman–Crippen MR) is 68.6 cm³/mol. The van der Waals surface area contributed by atoms with Crippen LogP contribution in [-0.2, 0) is 11.3 Å². The lowest BCUT2D eigenvalue weighted by Crippen LogP contribution is -2.17. The normalized spacial score (nSPS) is 13.5. The molecule has 1 radical (unpaired) electrons. The molecular formula is C15H9F6O3. The maximum absolute atomic E-state index is 12.6. The van der Waals surface area contributed by atoms with Gasteiger partial charge < -0.3 is 9.47 Å². The summed E-state index contributed by atoms with van der Waals surface area (Å²) in [7, 11) is 0. The van der Waals surface area contributed by atoms with Crippen molar-refractivity contribution < 1.29 is 40.9 Å². The van der Waals surface area contributed by atoms with Crippen LogP contribution >= 0.6 is 0 Å². The summed E-state index contributed by atoms with van der Waals surface area (Å²) in [5, 5.41) is 11.9. The summed E-state index contributed by atoms with van der Waals surface area (Å²) in [4.78, 5) is 0. The van der Waals surface area contributed by atoms with Crippen LogP contribution in [0.4, 0.5) is 26.3 Å². The maximum atomic E-state index is 12.6. The highest BCUT2D eigenvalue weighted by Crippen LogP contribution is 2.32. The molecule has 0 N–H and O–H groups in total. The monoisotopic (exact) mass is 351 g/mol. The van der Waals surface area contributed by atoms with Crippen LogP contribution in [0.3, 0.4) is 0 Å². The van der Waals surface area contributed by atoms with Crippen molar-refractivity contribution in [3.8, 4) is 11.5 Å². The van der Waals surface area contributed by atoms with Gasteiger partial charge in [-0.3, -0.25) is 0 Å². The number of hydrogen-bond acceptors (Lipinski definition) is 2. The van der Waals surface area contributed by atoms with Crippen LogP contribution in [0.1, 0.15) is 17.4 Å². The number of hydrogen-bond donors (Lipinski definition) is 0. The van der Waals surface area contributed by atoms with E-state index in [9.17, 15) is 31.4 Å². The smallest absolute Gasteiger partial charge is 0.458 e. The van der Waals surface area contributed by atoms with Crippen molar-refractivity contribution >= 4 is 0 Å². The fourth-order valence-corrected chi connectivity index (χ4v) is 1.80. The van der Waals surface area contributed by atoms with Gasteiger partial charge in [-0.05, 0) is 24.3 Å². The Balaban J connectivity index is 2.15. The highest BCUT2D eigenvalue weighted by atomic mass is 19.4. The first-order chi connectivity index (χ1) is 11.0. The molecule has 0 fully saturated rings.